The number of carbonyl (C=O) groups excluding carboxylic acids is 2. The van der Waals surface area contributed by atoms with Crippen LogP contribution in [-0.2, 0) is 21.1 Å². The van der Waals surface area contributed by atoms with Crippen LogP contribution in [0.25, 0.3) is 0 Å². The van der Waals surface area contributed by atoms with Crippen molar-refractivity contribution in [2.75, 3.05) is 53.0 Å². The summed E-state index contributed by atoms with van der Waals surface area (Å²) in [5.74, 6) is -1.24. The number of methoxy groups -OCH3 is 1. The van der Waals surface area contributed by atoms with Crippen molar-refractivity contribution in [3.05, 3.63) is 34.9 Å². The van der Waals surface area contributed by atoms with Crippen molar-refractivity contribution in [1.29, 1.82) is 0 Å². The van der Waals surface area contributed by atoms with Crippen molar-refractivity contribution in [2.45, 2.75) is 24.4 Å². The van der Waals surface area contributed by atoms with Gasteiger partial charge in [-0.2, -0.15) is 13.2 Å². The molecule has 4 rings (SSSR count). The quantitative estimate of drug-likeness (QED) is 0.639. The second-order valence-electron chi connectivity index (χ2n) is 8.85. The summed E-state index contributed by atoms with van der Waals surface area (Å²) in [6.07, 6.45) is -2.87. The average molecular weight is 455 g/mol. The monoisotopic (exact) mass is 455 g/mol. The summed E-state index contributed by atoms with van der Waals surface area (Å²) in [6, 6.07) is 3.47. The zero-order valence-electron chi connectivity index (χ0n) is 18.0. The Bertz CT molecular complexity index is 888. The number of likely N-dealkylation sites (tertiary alicyclic amines) is 2. The predicted octanol–water partition coefficient (Wildman–Crippen LogP) is 2.48. The molecule has 3 fully saturated rings. The summed E-state index contributed by atoms with van der Waals surface area (Å²) < 4.78 is 52.6. The highest BCUT2D eigenvalue weighted by Gasteiger charge is 2.71. The Morgan fingerprint density at radius 3 is 2.59 bits per heavy atom. The standard InChI is InChI=1S/C22H28F3N3O4/c1-31-20(30)28-11-17-18(12-32-9-8-27-6-2-3-7-27)21(17,13-28)15-5-4-14(19(26)29)10-16(15)22(23,24)25/h4-5,10,17-18H,2-3,6-9,11-13H2,1H3,(H2,26,29). The lowest BCUT2D eigenvalue weighted by Gasteiger charge is -2.26. The Morgan fingerprint density at radius 1 is 1.25 bits per heavy atom. The van der Waals surface area contributed by atoms with E-state index in [9.17, 15) is 22.8 Å². The summed E-state index contributed by atoms with van der Waals surface area (Å²) >= 11 is 0. The van der Waals surface area contributed by atoms with E-state index in [1.807, 2.05) is 0 Å². The summed E-state index contributed by atoms with van der Waals surface area (Å²) in [5, 5.41) is 0. The molecule has 2 heterocycles. The molecule has 32 heavy (non-hydrogen) atoms. The Labute approximate surface area is 184 Å². The fraction of sp³-hybridized carbons (Fsp3) is 0.636. The van der Waals surface area contributed by atoms with E-state index in [2.05, 4.69) is 4.90 Å². The van der Waals surface area contributed by atoms with Crippen molar-refractivity contribution in [2.24, 2.45) is 17.6 Å². The molecule has 1 aliphatic carbocycles. The van der Waals surface area contributed by atoms with Crippen molar-refractivity contribution in [1.82, 2.24) is 9.80 Å². The van der Waals surface area contributed by atoms with E-state index in [1.54, 1.807) is 0 Å². The average Bonchev–Trinajstić information content (AvgIpc) is 3.14. The van der Waals surface area contributed by atoms with Crippen LogP contribution in [0.5, 0.6) is 0 Å². The molecule has 3 unspecified atom stereocenters. The number of primary amides is 1. The Kier molecular flexibility index (Phi) is 6.10. The Balaban J connectivity index is 1.57. The smallest absolute Gasteiger partial charge is 0.416 e. The molecule has 0 aromatic heterocycles. The lowest BCUT2D eigenvalue weighted by Crippen LogP contribution is -2.36. The van der Waals surface area contributed by atoms with Crippen LogP contribution in [0.4, 0.5) is 18.0 Å². The Morgan fingerprint density at radius 2 is 1.97 bits per heavy atom. The zero-order valence-corrected chi connectivity index (χ0v) is 18.0. The molecular formula is C22H28F3N3O4. The van der Waals surface area contributed by atoms with Gasteiger partial charge in [-0.15, -0.1) is 0 Å². The maximum atomic E-state index is 14.0. The van der Waals surface area contributed by atoms with E-state index >= 15 is 0 Å². The summed E-state index contributed by atoms with van der Waals surface area (Å²) in [5.41, 5.74) is 3.33. The molecule has 7 nitrogen and oxygen atoms in total. The van der Waals surface area contributed by atoms with Crippen LogP contribution in [0.3, 0.4) is 0 Å². The molecule has 2 saturated heterocycles. The van der Waals surface area contributed by atoms with Crippen molar-refractivity contribution >= 4 is 12.0 Å². The molecule has 0 bridgehead atoms. The number of carbonyl (C=O) groups is 2. The fourth-order valence-electron chi connectivity index (χ4n) is 5.51. The van der Waals surface area contributed by atoms with Gasteiger partial charge in [0.25, 0.3) is 0 Å². The number of rotatable bonds is 7. The normalized spacial score (nSPS) is 27.4. The first-order valence-electron chi connectivity index (χ1n) is 10.8. The van der Waals surface area contributed by atoms with Crippen molar-refractivity contribution < 1.29 is 32.2 Å². The number of hydrogen-bond donors (Lipinski definition) is 1. The Hall–Kier alpha value is -2.33. The summed E-state index contributed by atoms with van der Waals surface area (Å²) in [7, 11) is 1.25. The molecule has 1 aromatic rings. The number of amides is 2. The SMILES string of the molecule is COC(=O)N1CC2C(COCCN3CCCC3)C2(c2ccc(C(N)=O)cc2C(F)(F)F)C1. The van der Waals surface area contributed by atoms with Gasteiger partial charge in [0, 0.05) is 30.6 Å². The van der Waals surface area contributed by atoms with Gasteiger partial charge in [-0.1, -0.05) is 6.07 Å². The van der Waals surface area contributed by atoms with Gasteiger partial charge >= 0.3 is 12.3 Å². The number of ether oxygens (including phenoxy) is 2. The van der Waals surface area contributed by atoms with Crippen LogP contribution in [-0.4, -0.2) is 74.8 Å². The molecule has 2 amide bonds. The van der Waals surface area contributed by atoms with Crippen molar-refractivity contribution in [3.63, 3.8) is 0 Å². The van der Waals surface area contributed by atoms with Crippen LogP contribution in [0.15, 0.2) is 18.2 Å². The maximum absolute atomic E-state index is 14.0. The van der Waals surface area contributed by atoms with Gasteiger partial charge in [0.1, 0.15) is 0 Å². The molecule has 10 heteroatoms. The third kappa shape index (κ3) is 4.05. The number of nitrogens with two attached hydrogens (primary N) is 1. The summed E-state index contributed by atoms with van der Waals surface area (Å²) in [4.78, 5) is 27.3. The minimum absolute atomic E-state index is 0.0829. The molecular weight excluding hydrogens is 427 g/mol. The molecule has 1 aromatic carbocycles. The molecule has 0 radical (unpaired) electrons. The third-order valence-corrected chi connectivity index (χ3v) is 7.16. The zero-order chi connectivity index (χ0) is 23.1. The van der Waals surface area contributed by atoms with Crippen LogP contribution in [0.2, 0.25) is 0 Å². The molecule has 1 saturated carbocycles. The minimum atomic E-state index is -4.66. The van der Waals surface area contributed by atoms with Crippen molar-refractivity contribution in [3.8, 4) is 0 Å². The van der Waals surface area contributed by atoms with E-state index in [-0.39, 0.29) is 29.5 Å². The first-order valence-corrected chi connectivity index (χ1v) is 10.8. The number of hydrogen-bond acceptors (Lipinski definition) is 5. The van der Waals surface area contributed by atoms with Gasteiger partial charge in [0.2, 0.25) is 5.91 Å². The van der Waals surface area contributed by atoms with Gasteiger partial charge in [-0.25, -0.2) is 4.79 Å². The lowest BCUT2D eigenvalue weighted by molar-refractivity contribution is -0.138. The van der Waals surface area contributed by atoms with Gasteiger partial charge in [0.15, 0.2) is 0 Å². The predicted molar refractivity (Wildman–Crippen MR) is 109 cm³/mol. The van der Waals surface area contributed by atoms with Crippen LogP contribution in [0.1, 0.15) is 34.3 Å². The van der Waals surface area contributed by atoms with Gasteiger partial charge in [0.05, 0.1) is 25.9 Å². The number of nitrogens with zero attached hydrogens (tertiary/aromatic N) is 2. The summed E-state index contributed by atoms with van der Waals surface area (Å²) in [6.45, 7) is 4.17. The first-order chi connectivity index (χ1) is 15.2. The fourth-order valence-corrected chi connectivity index (χ4v) is 5.51. The number of benzene rings is 1. The van der Waals surface area contributed by atoms with E-state index in [0.29, 0.717) is 19.8 Å². The van der Waals surface area contributed by atoms with Gasteiger partial charge in [-0.05, 0) is 55.5 Å². The number of piperidine rings is 1. The first kappa shape index (κ1) is 22.8. The molecule has 3 aliphatic rings. The second-order valence-corrected chi connectivity index (χ2v) is 8.85. The minimum Gasteiger partial charge on any atom is -0.453 e. The highest BCUT2D eigenvalue weighted by molar-refractivity contribution is 5.93. The number of alkyl halides is 3. The van der Waals surface area contributed by atoms with Crippen LogP contribution < -0.4 is 5.73 Å². The van der Waals surface area contributed by atoms with Gasteiger partial charge < -0.3 is 25.0 Å². The molecule has 3 atom stereocenters. The molecule has 0 spiro atoms. The highest BCUT2D eigenvalue weighted by Crippen LogP contribution is 2.65. The highest BCUT2D eigenvalue weighted by atomic mass is 19.4. The van der Waals surface area contributed by atoms with E-state index in [1.165, 1.54) is 37.0 Å². The van der Waals surface area contributed by atoms with E-state index in [4.69, 9.17) is 15.2 Å². The number of halogens is 3. The van der Waals surface area contributed by atoms with Crippen LogP contribution >= 0.6 is 0 Å². The molecule has 2 aliphatic heterocycles. The lowest BCUT2D eigenvalue weighted by atomic mass is 9.87. The molecule has 176 valence electrons. The largest absolute Gasteiger partial charge is 0.453 e. The van der Waals surface area contributed by atoms with E-state index < -0.39 is 29.2 Å². The second kappa shape index (κ2) is 8.55. The van der Waals surface area contributed by atoms with Crippen LogP contribution in [0, 0.1) is 11.8 Å². The molecule has 2 N–H and O–H groups in total. The number of fused-ring (bicyclic) bond motifs is 1. The maximum Gasteiger partial charge on any atom is 0.416 e. The van der Waals surface area contributed by atoms with Gasteiger partial charge in [-0.3, -0.25) is 4.79 Å². The third-order valence-electron chi connectivity index (χ3n) is 7.16. The van der Waals surface area contributed by atoms with E-state index in [0.717, 1.165) is 25.7 Å². The topological polar surface area (TPSA) is 85.1 Å².